The third-order valence-electron chi connectivity index (χ3n) is 7.24. The molecule has 0 bridgehead atoms. The Morgan fingerprint density at radius 2 is 1.88 bits per heavy atom. The van der Waals surface area contributed by atoms with E-state index in [4.69, 9.17) is 16.3 Å². The first kappa shape index (κ1) is 20.8. The number of nitrogens with one attached hydrogen (secondary N) is 1. The minimum atomic E-state index is -1.13. The lowest BCUT2D eigenvalue weighted by atomic mass is 9.73. The van der Waals surface area contributed by atoms with Gasteiger partial charge in [-0.2, -0.15) is 0 Å². The minimum absolute atomic E-state index is 0.102. The van der Waals surface area contributed by atoms with Crippen LogP contribution in [-0.2, 0) is 4.79 Å². The Bertz CT molecular complexity index is 1310. The maximum absolute atomic E-state index is 14.2. The predicted molar refractivity (Wildman–Crippen MR) is 130 cm³/mol. The number of rotatable bonds is 1. The van der Waals surface area contributed by atoms with E-state index in [2.05, 4.69) is 21.2 Å². The lowest BCUT2D eigenvalue weighted by Crippen LogP contribution is -2.54. The van der Waals surface area contributed by atoms with Crippen molar-refractivity contribution < 1.29 is 14.3 Å². The number of carbonyl (C=O) groups is 2. The van der Waals surface area contributed by atoms with E-state index in [1.54, 1.807) is 23.1 Å². The molecule has 1 fully saturated rings. The van der Waals surface area contributed by atoms with Crippen LogP contribution in [0.3, 0.4) is 0 Å². The molecule has 6 rings (SSSR count). The Hall–Kier alpha value is -2.83. The van der Waals surface area contributed by atoms with Crippen molar-refractivity contribution in [2.24, 2.45) is 5.92 Å². The fourth-order valence-electron chi connectivity index (χ4n) is 5.86. The molecule has 7 heteroatoms. The summed E-state index contributed by atoms with van der Waals surface area (Å²) in [5, 5.41) is 3.48. The van der Waals surface area contributed by atoms with Crippen molar-refractivity contribution in [2.75, 3.05) is 11.9 Å². The number of ether oxygens (including phenoxy) is 1. The van der Waals surface area contributed by atoms with Crippen molar-refractivity contribution in [3.63, 3.8) is 0 Å². The largest absolute Gasteiger partial charge is 0.493 e. The molecule has 33 heavy (non-hydrogen) atoms. The maximum atomic E-state index is 14.2. The molecule has 2 amide bonds. The topological polar surface area (TPSA) is 58.6 Å². The van der Waals surface area contributed by atoms with Crippen LogP contribution in [0.4, 0.5) is 5.69 Å². The average Bonchev–Trinajstić information content (AvgIpc) is 3.06. The van der Waals surface area contributed by atoms with Crippen LogP contribution in [0.1, 0.15) is 40.4 Å². The van der Waals surface area contributed by atoms with Crippen molar-refractivity contribution in [1.29, 1.82) is 0 Å². The van der Waals surface area contributed by atoms with Gasteiger partial charge in [0.05, 0.1) is 23.9 Å². The van der Waals surface area contributed by atoms with E-state index in [9.17, 15) is 9.59 Å². The van der Waals surface area contributed by atoms with Gasteiger partial charge >= 0.3 is 0 Å². The molecule has 3 aromatic carbocycles. The molecular formula is C26H20BrClN2O3. The lowest BCUT2D eigenvalue weighted by Gasteiger charge is -2.38. The summed E-state index contributed by atoms with van der Waals surface area (Å²) in [5.41, 5.74) is 1.65. The summed E-state index contributed by atoms with van der Waals surface area (Å²) >= 11 is 9.83. The predicted octanol–water partition coefficient (Wildman–Crippen LogP) is 5.80. The van der Waals surface area contributed by atoms with E-state index in [1.165, 1.54) is 0 Å². The second-order valence-corrected chi connectivity index (χ2v) is 10.3. The lowest BCUT2D eigenvalue weighted by molar-refractivity contribution is -0.125. The number of benzene rings is 3. The van der Waals surface area contributed by atoms with Crippen LogP contribution in [-0.4, -0.2) is 28.9 Å². The summed E-state index contributed by atoms with van der Waals surface area (Å²) in [6.07, 6.45) is 0. The van der Waals surface area contributed by atoms with Crippen LogP contribution in [0, 0.1) is 5.92 Å². The number of amides is 2. The number of carbonyl (C=O) groups excluding carboxylic acids is 2. The van der Waals surface area contributed by atoms with Crippen LogP contribution in [0.25, 0.3) is 0 Å². The fourth-order valence-corrected chi connectivity index (χ4v) is 6.41. The molecule has 0 unspecified atom stereocenters. The molecular weight excluding hydrogens is 504 g/mol. The van der Waals surface area contributed by atoms with E-state index < -0.39 is 5.54 Å². The first-order valence-electron chi connectivity index (χ1n) is 10.8. The van der Waals surface area contributed by atoms with Crippen LogP contribution in [0.5, 0.6) is 5.75 Å². The van der Waals surface area contributed by atoms with Gasteiger partial charge in [0.15, 0.2) is 0 Å². The molecule has 0 aliphatic carbocycles. The zero-order valence-corrected chi connectivity index (χ0v) is 20.1. The molecule has 0 spiro atoms. The molecule has 0 aromatic heterocycles. The van der Waals surface area contributed by atoms with Crippen LogP contribution < -0.4 is 10.1 Å². The second-order valence-electron chi connectivity index (χ2n) is 8.96. The van der Waals surface area contributed by atoms with Gasteiger partial charge in [-0.3, -0.25) is 9.59 Å². The molecule has 3 aliphatic heterocycles. The molecule has 3 aromatic rings. The molecule has 4 atom stereocenters. The third-order valence-corrected chi connectivity index (χ3v) is 7.97. The van der Waals surface area contributed by atoms with Crippen molar-refractivity contribution in [3.05, 3.63) is 92.9 Å². The molecule has 0 radical (unpaired) electrons. The highest BCUT2D eigenvalue weighted by molar-refractivity contribution is 9.10. The van der Waals surface area contributed by atoms with Gasteiger partial charge < -0.3 is 15.0 Å². The highest BCUT2D eigenvalue weighted by Crippen LogP contribution is 2.60. The van der Waals surface area contributed by atoms with Gasteiger partial charge in [0.2, 0.25) is 0 Å². The molecule has 1 saturated heterocycles. The van der Waals surface area contributed by atoms with Crippen LogP contribution in [0.2, 0.25) is 5.02 Å². The van der Waals surface area contributed by atoms with Crippen molar-refractivity contribution >= 4 is 45.0 Å². The zero-order chi connectivity index (χ0) is 22.9. The highest BCUT2D eigenvalue weighted by atomic mass is 79.9. The summed E-state index contributed by atoms with van der Waals surface area (Å²) < 4.78 is 7.07. The summed E-state index contributed by atoms with van der Waals surface area (Å²) in [5.74, 6) is -0.0511. The number of hydrogen-bond donors (Lipinski definition) is 1. The first-order chi connectivity index (χ1) is 15.9. The first-order valence-corrected chi connectivity index (χ1v) is 12.0. The van der Waals surface area contributed by atoms with Gasteiger partial charge in [-0.1, -0.05) is 57.9 Å². The third kappa shape index (κ3) is 2.90. The van der Waals surface area contributed by atoms with Gasteiger partial charge in [-0.25, -0.2) is 0 Å². The monoisotopic (exact) mass is 522 g/mol. The minimum Gasteiger partial charge on any atom is -0.493 e. The van der Waals surface area contributed by atoms with Gasteiger partial charge in [0.25, 0.3) is 11.8 Å². The second kappa shape index (κ2) is 7.34. The SMILES string of the molecule is C[C@@]12C(=O)Nc3ccc(Cl)cc3C(=O)N1[C@H]1c3cc(Br)ccc3OC[C@@H]1[C@@H]2c1ccccc1. The Balaban J connectivity index is 1.64. The van der Waals surface area contributed by atoms with E-state index in [0.29, 0.717) is 22.9 Å². The Kier molecular flexibility index (Phi) is 4.61. The molecule has 3 aliphatic rings. The summed E-state index contributed by atoms with van der Waals surface area (Å²) in [6.45, 7) is 2.29. The summed E-state index contributed by atoms with van der Waals surface area (Å²) in [6, 6.07) is 20.5. The van der Waals surface area contributed by atoms with Crippen molar-refractivity contribution in [2.45, 2.75) is 24.4 Å². The van der Waals surface area contributed by atoms with Crippen LogP contribution >= 0.6 is 27.5 Å². The number of halogens is 2. The van der Waals surface area contributed by atoms with Gasteiger partial charge in [-0.05, 0) is 48.9 Å². The maximum Gasteiger partial charge on any atom is 0.257 e. The molecule has 1 N–H and O–H groups in total. The number of nitrogens with zero attached hydrogens (tertiary/aromatic N) is 1. The van der Waals surface area contributed by atoms with Crippen LogP contribution in [0.15, 0.2) is 71.2 Å². The molecule has 5 nitrogen and oxygen atoms in total. The number of hydrogen-bond acceptors (Lipinski definition) is 3. The van der Waals surface area contributed by atoms with E-state index in [-0.39, 0.29) is 29.7 Å². The average molecular weight is 524 g/mol. The highest BCUT2D eigenvalue weighted by Gasteiger charge is 2.65. The van der Waals surface area contributed by atoms with Gasteiger partial charge in [0, 0.05) is 26.9 Å². The number of anilines is 1. The Morgan fingerprint density at radius 3 is 2.67 bits per heavy atom. The van der Waals surface area contributed by atoms with Crippen molar-refractivity contribution in [3.8, 4) is 5.75 Å². The molecule has 3 heterocycles. The molecule has 0 saturated carbocycles. The van der Waals surface area contributed by atoms with E-state index >= 15 is 0 Å². The van der Waals surface area contributed by atoms with Gasteiger partial charge in [0.1, 0.15) is 11.3 Å². The van der Waals surface area contributed by atoms with Gasteiger partial charge in [-0.15, -0.1) is 0 Å². The Labute approximate surface area is 204 Å². The standard InChI is InChI=1S/C26H20BrClN2O3/c1-26-22(14-5-3-2-4-6-14)19-13-33-21-10-7-15(27)11-18(21)23(19)30(26)24(31)17-12-16(28)8-9-20(17)29-25(26)32/h2-12,19,22-23H,13H2,1H3,(H,29,32)/t19-,22+,23+,26-/m1/s1. The summed E-state index contributed by atoms with van der Waals surface area (Å²) in [7, 11) is 0. The normalized spacial score (nSPS) is 27.5. The van der Waals surface area contributed by atoms with E-state index in [1.807, 2.05) is 55.5 Å². The Morgan fingerprint density at radius 1 is 1.09 bits per heavy atom. The van der Waals surface area contributed by atoms with E-state index in [0.717, 1.165) is 21.3 Å². The smallest absolute Gasteiger partial charge is 0.257 e. The molecule has 166 valence electrons. The quantitative estimate of drug-likeness (QED) is 0.438. The fraction of sp³-hybridized carbons (Fsp3) is 0.231. The number of fused-ring (bicyclic) bond motifs is 6. The zero-order valence-electron chi connectivity index (χ0n) is 17.7. The summed E-state index contributed by atoms with van der Waals surface area (Å²) in [4.78, 5) is 29.9. The van der Waals surface area contributed by atoms with Crippen molar-refractivity contribution in [1.82, 2.24) is 4.90 Å².